The number of fused-ring (bicyclic) bond motifs is 1. The number of hydrogen-bond donors (Lipinski definition) is 1. The first-order valence-electron chi connectivity index (χ1n) is 4.60. The van der Waals surface area contributed by atoms with Crippen LogP contribution in [0, 0.1) is 0 Å². The van der Waals surface area contributed by atoms with Gasteiger partial charge in [-0.1, -0.05) is 0 Å². The molecular formula is C10H8ClF3N2OS. The fourth-order valence-corrected chi connectivity index (χ4v) is 2.49. The molecular weight excluding hydrogens is 289 g/mol. The Morgan fingerprint density at radius 1 is 1.44 bits per heavy atom. The molecule has 2 aromatic rings. The maximum atomic E-state index is 12.7. The van der Waals surface area contributed by atoms with Gasteiger partial charge in [0.25, 0.3) is 5.91 Å². The molecule has 18 heavy (non-hydrogen) atoms. The predicted octanol–water partition coefficient (Wildman–Crippen LogP) is 3.10. The Balaban J connectivity index is 0.00000162. The summed E-state index contributed by atoms with van der Waals surface area (Å²) in [7, 11) is 1.42. The molecule has 0 aromatic carbocycles. The van der Waals surface area contributed by atoms with E-state index in [0.717, 1.165) is 23.6 Å². The second-order valence-electron chi connectivity index (χ2n) is 3.26. The molecule has 0 aliphatic carbocycles. The highest BCUT2D eigenvalue weighted by molar-refractivity contribution is 7.17. The number of carbonyl (C=O) groups is 1. The third kappa shape index (κ3) is 2.41. The molecule has 0 atom stereocenters. The predicted molar refractivity (Wildman–Crippen MR) is 65.3 cm³/mol. The highest BCUT2D eigenvalue weighted by Gasteiger charge is 2.34. The molecule has 98 valence electrons. The molecule has 1 N–H and O–H groups in total. The van der Waals surface area contributed by atoms with E-state index in [0.29, 0.717) is 0 Å². The molecule has 0 saturated carbocycles. The first kappa shape index (κ1) is 14.7. The second kappa shape index (κ2) is 5.11. The van der Waals surface area contributed by atoms with Gasteiger partial charge in [-0.2, -0.15) is 13.2 Å². The van der Waals surface area contributed by atoms with Crippen molar-refractivity contribution in [1.82, 2.24) is 10.3 Å². The third-order valence-corrected chi connectivity index (χ3v) is 3.23. The van der Waals surface area contributed by atoms with Crippen LogP contribution in [-0.2, 0) is 6.18 Å². The van der Waals surface area contributed by atoms with Crippen LogP contribution in [-0.4, -0.2) is 17.9 Å². The lowest BCUT2D eigenvalue weighted by Crippen LogP contribution is -2.17. The Kier molecular flexibility index (Phi) is 4.18. The number of rotatable bonds is 1. The molecule has 2 heterocycles. The number of amides is 1. The van der Waals surface area contributed by atoms with Crippen LogP contribution in [0.3, 0.4) is 0 Å². The molecule has 0 aliphatic heterocycles. The lowest BCUT2D eigenvalue weighted by Gasteiger charge is -2.06. The third-order valence-electron chi connectivity index (χ3n) is 2.23. The first-order valence-corrected chi connectivity index (χ1v) is 5.48. The van der Waals surface area contributed by atoms with Crippen LogP contribution in [0.1, 0.15) is 15.9 Å². The summed E-state index contributed by atoms with van der Waals surface area (Å²) in [6, 6.07) is 0.909. The number of alkyl halides is 3. The maximum Gasteiger partial charge on any atom is 0.417 e. The van der Waals surface area contributed by atoms with Crippen molar-refractivity contribution in [3.63, 3.8) is 0 Å². The Labute approximate surface area is 110 Å². The zero-order valence-electron chi connectivity index (χ0n) is 9.04. The highest BCUT2D eigenvalue weighted by Crippen LogP contribution is 2.37. The average molecular weight is 297 g/mol. The Morgan fingerprint density at radius 2 is 2.11 bits per heavy atom. The molecule has 0 spiro atoms. The smallest absolute Gasteiger partial charge is 0.355 e. The molecule has 0 radical (unpaired) electrons. The fourth-order valence-electron chi connectivity index (χ4n) is 1.45. The SMILES string of the molecule is CNC(=O)c1csc2c(C(F)(F)F)ccnc12.Cl. The van der Waals surface area contributed by atoms with Gasteiger partial charge in [0.15, 0.2) is 0 Å². The molecule has 1 amide bonds. The fraction of sp³-hybridized carbons (Fsp3) is 0.200. The van der Waals surface area contributed by atoms with Gasteiger partial charge in [0.1, 0.15) is 0 Å². The minimum atomic E-state index is -4.44. The lowest BCUT2D eigenvalue weighted by atomic mass is 10.2. The number of hydrogen-bond acceptors (Lipinski definition) is 3. The molecule has 2 rings (SSSR count). The summed E-state index contributed by atoms with van der Waals surface area (Å²) in [6.45, 7) is 0. The van der Waals surface area contributed by atoms with E-state index in [9.17, 15) is 18.0 Å². The van der Waals surface area contributed by atoms with E-state index >= 15 is 0 Å². The molecule has 0 unspecified atom stereocenters. The van der Waals surface area contributed by atoms with Gasteiger partial charge in [-0.15, -0.1) is 23.7 Å². The van der Waals surface area contributed by atoms with Gasteiger partial charge in [-0.3, -0.25) is 9.78 Å². The van der Waals surface area contributed by atoms with Crippen molar-refractivity contribution in [2.75, 3.05) is 7.05 Å². The van der Waals surface area contributed by atoms with Crippen molar-refractivity contribution in [2.45, 2.75) is 6.18 Å². The summed E-state index contributed by atoms with van der Waals surface area (Å²) in [5.74, 6) is -0.442. The number of carbonyl (C=O) groups excluding carboxylic acids is 1. The molecule has 0 bridgehead atoms. The minimum absolute atomic E-state index is 0. The van der Waals surface area contributed by atoms with Gasteiger partial charge in [-0.25, -0.2) is 0 Å². The molecule has 3 nitrogen and oxygen atoms in total. The number of thiophene rings is 1. The van der Waals surface area contributed by atoms with Crippen LogP contribution in [0.4, 0.5) is 13.2 Å². The second-order valence-corrected chi connectivity index (χ2v) is 4.14. The van der Waals surface area contributed by atoms with Crippen LogP contribution in [0.25, 0.3) is 10.2 Å². The molecule has 2 aromatic heterocycles. The molecule has 0 aliphatic rings. The number of pyridine rings is 1. The van der Waals surface area contributed by atoms with E-state index in [-0.39, 0.29) is 28.2 Å². The monoisotopic (exact) mass is 296 g/mol. The first-order chi connectivity index (χ1) is 7.95. The molecule has 0 fully saturated rings. The normalized spacial score (nSPS) is 11.1. The zero-order chi connectivity index (χ0) is 12.6. The van der Waals surface area contributed by atoms with Crippen molar-refractivity contribution in [2.24, 2.45) is 0 Å². The van der Waals surface area contributed by atoms with Crippen LogP contribution < -0.4 is 5.32 Å². The van der Waals surface area contributed by atoms with Crippen molar-refractivity contribution in [3.8, 4) is 0 Å². The summed E-state index contributed by atoms with van der Waals surface area (Å²) >= 11 is 0.868. The Hall–Kier alpha value is -1.34. The van der Waals surface area contributed by atoms with Gasteiger partial charge >= 0.3 is 6.18 Å². The summed E-state index contributed by atoms with van der Waals surface area (Å²) in [6.07, 6.45) is -3.38. The van der Waals surface area contributed by atoms with Gasteiger partial charge in [0.2, 0.25) is 0 Å². The topological polar surface area (TPSA) is 42.0 Å². The van der Waals surface area contributed by atoms with Gasteiger partial charge in [0, 0.05) is 18.6 Å². The number of aromatic nitrogens is 1. The van der Waals surface area contributed by atoms with Crippen LogP contribution >= 0.6 is 23.7 Å². The number of halogens is 4. The lowest BCUT2D eigenvalue weighted by molar-refractivity contribution is -0.136. The van der Waals surface area contributed by atoms with Gasteiger partial charge in [0.05, 0.1) is 21.3 Å². The molecule has 0 saturated heterocycles. The van der Waals surface area contributed by atoms with E-state index in [1.807, 2.05) is 0 Å². The average Bonchev–Trinajstić information content (AvgIpc) is 2.69. The van der Waals surface area contributed by atoms with E-state index < -0.39 is 17.6 Å². The minimum Gasteiger partial charge on any atom is -0.355 e. The molecule has 8 heteroatoms. The van der Waals surface area contributed by atoms with E-state index in [2.05, 4.69) is 10.3 Å². The van der Waals surface area contributed by atoms with E-state index in [1.165, 1.54) is 12.4 Å². The number of nitrogens with zero attached hydrogens (tertiary/aromatic N) is 1. The zero-order valence-corrected chi connectivity index (χ0v) is 10.7. The van der Waals surface area contributed by atoms with Crippen molar-refractivity contribution in [1.29, 1.82) is 0 Å². The van der Waals surface area contributed by atoms with E-state index in [4.69, 9.17) is 0 Å². The summed E-state index contributed by atoms with van der Waals surface area (Å²) in [5, 5.41) is 3.74. The highest BCUT2D eigenvalue weighted by atomic mass is 35.5. The summed E-state index contributed by atoms with van der Waals surface area (Å²) in [5.41, 5.74) is -0.509. The van der Waals surface area contributed by atoms with Crippen molar-refractivity contribution < 1.29 is 18.0 Å². The van der Waals surface area contributed by atoms with Crippen LogP contribution in [0.2, 0.25) is 0 Å². The van der Waals surface area contributed by atoms with Gasteiger partial charge in [-0.05, 0) is 6.07 Å². The summed E-state index contributed by atoms with van der Waals surface area (Å²) in [4.78, 5) is 15.3. The van der Waals surface area contributed by atoms with Crippen molar-refractivity contribution >= 4 is 39.9 Å². The standard InChI is InChI=1S/C10H7F3N2OS.ClH/c1-14-9(16)5-4-17-8-6(10(11,12)13)2-3-15-7(5)8;/h2-4H,1H3,(H,14,16);1H. The Bertz CT molecular complexity index is 582. The number of nitrogens with one attached hydrogen (secondary N) is 1. The van der Waals surface area contributed by atoms with E-state index in [1.54, 1.807) is 0 Å². The maximum absolute atomic E-state index is 12.7. The largest absolute Gasteiger partial charge is 0.417 e. The van der Waals surface area contributed by atoms with Crippen molar-refractivity contribution in [3.05, 3.63) is 28.8 Å². The quantitative estimate of drug-likeness (QED) is 0.878. The summed E-state index contributed by atoms with van der Waals surface area (Å²) < 4.78 is 38.1. The van der Waals surface area contributed by atoms with Gasteiger partial charge < -0.3 is 5.32 Å². The Morgan fingerprint density at radius 3 is 2.67 bits per heavy atom. The van der Waals surface area contributed by atoms with Crippen LogP contribution in [0.15, 0.2) is 17.6 Å². The van der Waals surface area contributed by atoms with Crippen LogP contribution in [0.5, 0.6) is 0 Å².